The van der Waals surface area contributed by atoms with E-state index in [0.717, 1.165) is 34.6 Å². The average Bonchev–Trinajstić information content (AvgIpc) is 3.29. The first-order chi connectivity index (χ1) is 14.1. The summed E-state index contributed by atoms with van der Waals surface area (Å²) < 4.78 is 11.1. The van der Waals surface area contributed by atoms with Crippen molar-refractivity contribution in [3.8, 4) is 17.6 Å². The number of hydrogen-bond acceptors (Lipinski definition) is 6. The van der Waals surface area contributed by atoms with Crippen LogP contribution in [-0.2, 0) is 16.6 Å². The third kappa shape index (κ3) is 1.88. The molecule has 0 saturated heterocycles. The van der Waals surface area contributed by atoms with E-state index in [-0.39, 0.29) is 18.3 Å². The molecule has 3 N–H and O–H groups in total. The Morgan fingerprint density at radius 1 is 1.21 bits per heavy atom. The number of ether oxygens (including phenoxy) is 2. The van der Waals surface area contributed by atoms with Crippen molar-refractivity contribution in [3.05, 3.63) is 70.6 Å². The third-order valence-electron chi connectivity index (χ3n) is 6.13. The molecule has 4 heterocycles. The van der Waals surface area contributed by atoms with Crippen molar-refractivity contribution in [3.63, 3.8) is 0 Å². The van der Waals surface area contributed by atoms with Gasteiger partial charge in [-0.15, -0.1) is 0 Å². The maximum Gasteiger partial charge on any atom is 0.244 e. The largest absolute Gasteiger partial charge is 0.454 e. The van der Waals surface area contributed by atoms with E-state index in [1.54, 1.807) is 0 Å². The molecule has 4 aliphatic heterocycles. The quantitative estimate of drug-likeness (QED) is 0.722. The Morgan fingerprint density at radius 2 is 2.00 bits per heavy atom. The summed E-state index contributed by atoms with van der Waals surface area (Å²) in [5.74, 6) is 1.46. The van der Waals surface area contributed by atoms with Crippen molar-refractivity contribution in [2.45, 2.75) is 11.8 Å². The van der Waals surface area contributed by atoms with Gasteiger partial charge in [0.15, 0.2) is 11.5 Å². The molecular weight excluding hydrogens is 368 g/mol. The summed E-state index contributed by atoms with van der Waals surface area (Å²) in [6, 6.07) is 13.6. The van der Waals surface area contributed by atoms with Gasteiger partial charge in [0.1, 0.15) is 17.3 Å². The molecular formula is C22H16N4O3. The van der Waals surface area contributed by atoms with Gasteiger partial charge in [0.05, 0.1) is 5.57 Å². The highest BCUT2D eigenvalue weighted by molar-refractivity contribution is 6.12. The highest BCUT2D eigenvalue weighted by Gasteiger charge is 2.53. The van der Waals surface area contributed by atoms with Gasteiger partial charge in [0, 0.05) is 29.1 Å². The van der Waals surface area contributed by atoms with E-state index in [2.05, 4.69) is 11.4 Å². The summed E-state index contributed by atoms with van der Waals surface area (Å²) in [4.78, 5) is 15.2. The molecule has 1 amide bonds. The van der Waals surface area contributed by atoms with Gasteiger partial charge in [-0.05, 0) is 36.3 Å². The number of fused-ring (bicyclic) bond motifs is 6. The van der Waals surface area contributed by atoms with Gasteiger partial charge in [-0.3, -0.25) is 4.79 Å². The lowest BCUT2D eigenvalue weighted by Gasteiger charge is -2.41. The number of hydrogen-bond donors (Lipinski definition) is 2. The monoisotopic (exact) mass is 384 g/mol. The molecule has 142 valence electrons. The lowest BCUT2D eigenvalue weighted by atomic mass is 9.71. The lowest BCUT2D eigenvalue weighted by Crippen LogP contribution is -2.45. The second-order valence-corrected chi connectivity index (χ2v) is 7.47. The molecule has 7 heteroatoms. The summed E-state index contributed by atoms with van der Waals surface area (Å²) in [5.41, 5.74) is 9.81. The van der Waals surface area contributed by atoms with Crippen molar-refractivity contribution in [1.82, 2.24) is 4.90 Å². The Bertz CT molecular complexity index is 1220. The fourth-order valence-electron chi connectivity index (χ4n) is 4.76. The molecule has 0 aliphatic carbocycles. The number of anilines is 1. The molecule has 0 aromatic heterocycles. The number of benzene rings is 2. The van der Waals surface area contributed by atoms with Crippen molar-refractivity contribution >= 4 is 17.3 Å². The summed E-state index contributed by atoms with van der Waals surface area (Å²) in [6.07, 6.45) is 2.63. The fraction of sp³-hybridized carbons (Fsp3) is 0.182. The molecule has 2 aromatic rings. The predicted octanol–water partition coefficient (Wildman–Crippen LogP) is 2.21. The zero-order valence-electron chi connectivity index (χ0n) is 15.4. The van der Waals surface area contributed by atoms with Crippen molar-refractivity contribution in [2.75, 3.05) is 18.7 Å². The van der Waals surface area contributed by atoms with E-state index in [0.29, 0.717) is 23.8 Å². The number of carbonyl (C=O) groups is 1. The van der Waals surface area contributed by atoms with Gasteiger partial charge < -0.3 is 25.4 Å². The normalized spacial score (nSPS) is 23.2. The average molecular weight is 384 g/mol. The van der Waals surface area contributed by atoms with Gasteiger partial charge in [-0.25, -0.2) is 0 Å². The number of nitriles is 1. The maximum atomic E-state index is 13.2. The fourth-order valence-corrected chi connectivity index (χ4v) is 4.76. The van der Waals surface area contributed by atoms with Gasteiger partial charge in [0.25, 0.3) is 0 Å². The van der Waals surface area contributed by atoms with Crippen LogP contribution >= 0.6 is 0 Å². The molecule has 0 bridgehead atoms. The SMILES string of the molecule is N#CC1=C(N)N2CCc3cc4c(cc3C2=CC12C(=O)Nc1ccccc12)OCO4. The van der Waals surface area contributed by atoms with Crippen molar-refractivity contribution in [2.24, 2.45) is 5.73 Å². The summed E-state index contributed by atoms with van der Waals surface area (Å²) in [5, 5.41) is 12.9. The predicted molar refractivity (Wildman–Crippen MR) is 105 cm³/mol. The zero-order valence-corrected chi connectivity index (χ0v) is 15.4. The topological polar surface area (TPSA) is 101 Å². The summed E-state index contributed by atoms with van der Waals surface area (Å²) in [7, 11) is 0. The number of nitrogens with one attached hydrogen (secondary N) is 1. The van der Waals surface area contributed by atoms with Gasteiger partial charge >= 0.3 is 0 Å². The summed E-state index contributed by atoms with van der Waals surface area (Å²) in [6.45, 7) is 0.816. The van der Waals surface area contributed by atoms with Crippen molar-refractivity contribution < 1.29 is 14.3 Å². The van der Waals surface area contributed by atoms with Crippen LogP contribution in [0.4, 0.5) is 5.69 Å². The minimum absolute atomic E-state index is 0.196. The molecule has 4 aliphatic rings. The van der Waals surface area contributed by atoms with E-state index in [4.69, 9.17) is 15.2 Å². The first-order valence-electron chi connectivity index (χ1n) is 9.38. The Balaban J connectivity index is 1.64. The van der Waals surface area contributed by atoms with Crippen LogP contribution < -0.4 is 20.5 Å². The van der Waals surface area contributed by atoms with Crippen LogP contribution in [0.1, 0.15) is 16.7 Å². The van der Waals surface area contributed by atoms with E-state index in [1.165, 1.54) is 0 Å². The molecule has 1 unspecified atom stereocenters. The standard InChI is InChI=1S/C22H16N4O3/c23-10-15-20(24)26-6-5-12-7-18-19(29-11-28-18)8-13(12)17(26)9-22(15)14-3-1-2-4-16(14)25-21(22)27/h1-4,7-9H,5-6,11,24H2,(H,25,27). The smallest absolute Gasteiger partial charge is 0.244 e. The molecule has 7 nitrogen and oxygen atoms in total. The number of carbonyl (C=O) groups excluding carboxylic acids is 1. The first kappa shape index (κ1) is 16.1. The van der Waals surface area contributed by atoms with Crippen LogP contribution in [0.3, 0.4) is 0 Å². The number of amides is 1. The molecule has 6 rings (SSSR count). The van der Waals surface area contributed by atoms with E-state index in [1.807, 2.05) is 47.4 Å². The number of para-hydroxylation sites is 1. The van der Waals surface area contributed by atoms with Crippen LogP contribution in [0.15, 0.2) is 53.9 Å². The van der Waals surface area contributed by atoms with Crippen LogP contribution in [0.5, 0.6) is 11.5 Å². The Kier molecular flexibility index (Phi) is 2.95. The number of nitrogens with two attached hydrogens (primary N) is 1. The zero-order chi connectivity index (χ0) is 19.8. The van der Waals surface area contributed by atoms with Crippen LogP contribution in [-0.4, -0.2) is 24.1 Å². The third-order valence-corrected chi connectivity index (χ3v) is 6.13. The van der Waals surface area contributed by atoms with Gasteiger partial charge in [-0.2, -0.15) is 5.26 Å². The molecule has 1 atom stereocenters. The lowest BCUT2D eigenvalue weighted by molar-refractivity contribution is -0.118. The molecule has 0 radical (unpaired) electrons. The van der Waals surface area contributed by atoms with E-state index in [9.17, 15) is 10.1 Å². The Hall–Kier alpha value is -3.92. The van der Waals surface area contributed by atoms with Gasteiger partial charge in [-0.1, -0.05) is 18.2 Å². The Morgan fingerprint density at radius 3 is 2.83 bits per heavy atom. The van der Waals surface area contributed by atoms with Crippen LogP contribution in [0.25, 0.3) is 5.70 Å². The molecule has 29 heavy (non-hydrogen) atoms. The highest BCUT2D eigenvalue weighted by Crippen LogP contribution is 2.51. The van der Waals surface area contributed by atoms with E-state index >= 15 is 0 Å². The molecule has 2 aromatic carbocycles. The highest BCUT2D eigenvalue weighted by atomic mass is 16.7. The van der Waals surface area contributed by atoms with Gasteiger partial charge in [0.2, 0.25) is 12.7 Å². The molecule has 0 saturated carbocycles. The summed E-state index contributed by atoms with van der Waals surface area (Å²) >= 11 is 0. The van der Waals surface area contributed by atoms with Crippen LogP contribution in [0.2, 0.25) is 0 Å². The first-order valence-corrected chi connectivity index (χ1v) is 9.38. The maximum absolute atomic E-state index is 13.2. The second kappa shape index (κ2) is 5.32. The minimum Gasteiger partial charge on any atom is -0.454 e. The van der Waals surface area contributed by atoms with Crippen molar-refractivity contribution in [1.29, 1.82) is 5.26 Å². The minimum atomic E-state index is -1.24. The van der Waals surface area contributed by atoms with E-state index < -0.39 is 5.41 Å². The molecule has 0 fully saturated rings. The number of nitrogens with zero attached hydrogens (tertiary/aromatic N) is 2. The molecule has 1 spiro atoms. The number of rotatable bonds is 0. The Labute approximate surface area is 166 Å². The van der Waals surface area contributed by atoms with Crippen LogP contribution in [0, 0.1) is 11.3 Å². The second-order valence-electron chi connectivity index (χ2n) is 7.47.